The Bertz CT molecular complexity index is 2990. The van der Waals surface area contributed by atoms with Crippen LogP contribution in [0.15, 0.2) is 48.7 Å². The highest BCUT2D eigenvalue weighted by Crippen LogP contribution is 2.52. The van der Waals surface area contributed by atoms with Crippen LogP contribution in [0.1, 0.15) is 86.5 Å². The molecule has 0 spiro atoms. The van der Waals surface area contributed by atoms with Crippen molar-refractivity contribution in [1.29, 1.82) is 0 Å². The Hall–Kier alpha value is -7.10. The second-order valence-electron chi connectivity index (χ2n) is 20.0. The molecule has 450 valence electrons. The number of Topliss-reactive ketones (excluding diaryl/α,β-unsaturated/α-hetero) is 1. The van der Waals surface area contributed by atoms with E-state index in [0.29, 0.717) is 38.5 Å². The van der Waals surface area contributed by atoms with Gasteiger partial charge in [-0.05, 0) is 30.7 Å². The lowest BCUT2D eigenvalue weighted by atomic mass is 9.72. The molecule has 2 fully saturated rings. The van der Waals surface area contributed by atoms with E-state index in [4.69, 9.17) is 47.7 Å². The molecule has 2 amide bonds. The zero-order valence-electron chi connectivity index (χ0n) is 45.0. The summed E-state index contributed by atoms with van der Waals surface area (Å²) in [5, 5.41) is 110. The standard InChI is InChI=1S/C54H65N5O24/c1-26-43(64)32(18-38(81-26)82-35-21-54(74,36(62)23-61)20-31-40(35)48(69)42-41(45(31)66)44(65)30-4-3-5-33(75-2)39(30)47(42)68)56-53(73)80-24-27-6-8-28(9-7-27)55-37(63)19-34-46(67)49(70)50(71)51(83-34)52(72)79-25-29-22-59(58-57-29)10-12-76-14-16-78-17-15-77-13-11-60/h3-9,22,26,32,34-35,38,43,46,49-51,60-61,64,66-67,69-71,74H,10-21,23-25H2,1-2H3,(H,55,63)(H,56,73)/t26-,32-,34?,35-,38-,43+,46-,49+,50-,51-,54-/m0/s1. The third-order valence-electron chi connectivity index (χ3n) is 14.4. The zero-order valence-corrected chi connectivity index (χ0v) is 45.0. The molecule has 3 aromatic carbocycles. The number of nitrogens with zero attached hydrogens (tertiary/aromatic N) is 3. The summed E-state index contributed by atoms with van der Waals surface area (Å²) in [5.41, 5.74) is -3.54. The van der Waals surface area contributed by atoms with Gasteiger partial charge in [0.1, 0.15) is 72.8 Å². The number of benzene rings is 3. The van der Waals surface area contributed by atoms with Gasteiger partial charge in [-0.2, -0.15) is 0 Å². The number of aromatic hydroxyl groups is 2. The molecule has 0 saturated carbocycles. The highest BCUT2D eigenvalue weighted by atomic mass is 16.7. The van der Waals surface area contributed by atoms with E-state index in [1.165, 1.54) is 67.4 Å². The Morgan fingerprint density at radius 2 is 1.51 bits per heavy atom. The molecule has 8 rings (SSSR count). The molecule has 11 N–H and O–H groups in total. The van der Waals surface area contributed by atoms with Gasteiger partial charge in [-0.15, -0.1) is 5.10 Å². The number of hydrogen-bond acceptors (Lipinski definition) is 26. The van der Waals surface area contributed by atoms with E-state index in [1.54, 1.807) is 0 Å². The number of fused-ring (bicyclic) bond motifs is 3. The number of aliphatic hydroxyl groups excluding tert-OH is 6. The van der Waals surface area contributed by atoms with Crippen LogP contribution in [0.2, 0.25) is 0 Å². The summed E-state index contributed by atoms with van der Waals surface area (Å²) < 4.78 is 51.1. The van der Waals surface area contributed by atoms with Crippen LogP contribution in [0.5, 0.6) is 17.2 Å². The van der Waals surface area contributed by atoms with Gasteiger partial charge in [0.15, 0.2) is 24.0 Å². The number of ether oxygens (including phenoxy) is 9. The number of methoxy groups -OCH3 is 1. The number of alkyl carbamates (subject to hydrolysis) is 1. The van der Waals surface area contributed by atoms with E-state index in [2.05, 4.69) is 20.9 Å². The lowest BCUT2D eigenvalue weighted by Crippen LogP contribution is -2.60. The molecule has 2 aliphatic carbocycles. The maximum absolute atomic E-state index is 14.0. The molecule has 0 bridgehead atoms. The number of anilines is 1. The first-order chi connectivity index (χ1) is 39.8. The second-order valence-corrected chi connectivity index (χ2v) is 20.0. The number of esters is 1. The first-order valence-corrected chi connectivity index (χ1v) is 26.4. The molecule has 4 aromatic rings. The number of carbonyl (C=O) groups excluding carboxylic acids is 6. The van der Waals surface area contributed by atoms with E-state index < -0.39 is 151 Å². The number of amides is 2. The van der Waals surface area contributed by atoms with E-state index in [1.807, 2.05) is 0 Å². The lowest BCUT2D eigenvalue weighted by Gasteiger charge is -2.42. The third-order valence-corrected chi connectivity index (χ3v) is 14.4. The highest BCUT2D eigenvalue weighted by Gasteiger charge is 2.51. The Kier molecular flexibility index (Phi) is 20.5. The van der Waals surface area contributed by atoms with Crippen LogP contribution in [0.25, 0.3) is 0 Å². The number of ketones is 3. The summed E-state index contributed by atoms with van der Waals surface area (Å²) in [6.07, 6.45) is -15.9. The maximum atomic E-state index is 14.0. The van der Waals surface area contributed by atoms with Gasteiger partial charge in [0, 0.05) is 41.6 Å². The largest absolute Gasteiger partial charge is 0.507 e. The van der Waals surface area contributed by atoms with Crippen molar-refractivity contribution in [1.82, 2.24) is 20.3 Å². The molecule has 29 heteroatoms. The minimum atomic E-state index is -2.42. The number of rotatable bonds is 25. The molecular formula is C54H65N5O24. The van der Waals surface area contributed by atoms with Crippen molar-refractivity contribution in [2.75, 3.05) is 65.3 Å². The lowest BCUT2D eigenvalue weighted by molar-refractivity contribution is -0.249. The van der Waals surface area contributed by atoms with Gasteiger partial charge in [-0.1, -0.05) is 29.5 Å². The molecule has 1 aromatic heterocycles. The third kappa shape index (κ3) is 14.1. The zero-order chi connectivity index (χ0) is 59.7. The number of phenols is 2. The predicted molar refractivity (Wildman–Crippen MR) is 277 cm³/mol. The predicted octanol–water partition coefficient (Wildman–Crippen LogP) is -1.48. The number of phenolic OH excluding ortho intramolecular Hbond substituents is 2. The topological polar surface area (TPSA) is 422 Å². The number of aliphatic hydroxyl groups is 7. The average molecular weight is 1170 g/mol. The molecule has 11 atom stereocenters. The van der Waals surface area contributed by atoms with Gasteiger partial charge in [0.05, 0.1) is 114 Å². The first-order valence-electron chi connectivity index (χ1n) is 26.4. The van der Waals surface area contributed by atoms with Crippen molar-refractivity contribution in [2.24, 2.45) is 0 Å². The summed E-state index contributed by atoms with van der Waals surface area (Å²) in [7, 11) is 1.28. The van der Waals surface area contributed by atoms with Crippen molar-refractivity contribution in [3.05, 3.63) is 93.3 Å². The number of aromatic nitrogens is 3. The summed E-state index contributed by atoms with van der Waals surface area (Å²) in [6, 6.07) is 9.04. The first kappa shape index (κ1) is 62.0. The van der Waals surface area contributed by atoms with Crippen LogP contribution in [0.3, 0.4) is 0 Å². The summed E-state index contributed by atoms with van der Waals surface area (Å²) >= 11 is 0. The quantitative estimate of drug-likeness (QED) is 0.0180. The number of nitrogens with one attached hydrogen (secondary N) is 2. The molecule has 1 unspecified atom stereocenters. The van der Waals surface area contributed by atoms with Crippen molar-refractivity contribution in [2.45, 2.75) is 119 Å². The number of carbonyl (C=O) groups is 6. The van der Waals surface area contributed by atoms with Crippen LogP contribution in [-0.4, -0.2) is 217 Å². The minimum Gasteiger partial charge on any atom is -0.507 e. The van der Waals surface area contributed by atoms with Gasteiger partial charge in [-0.25, -0.2) is 14.3 Å². The van der Waals surface area contributed by atoms with Gasteiger partial charge >= 0.3 is 12.1 Å². The molecule has 0 radical (unpaired) electrons. The fraction of sp³-hybridized carbons (Fsp3) is 0.519. The fourth-order valence-corrected chi connectivity index (χ4v) is 10.1. The minimum absolute atomic E-state index is 0.0173. The summed E-state index contributed by atoms with van der Waals surface area (Å²) in [5.74, 6) is -6.21. The normalized spacial score (nSPS) is 25.6. The molecule has 29 nitrogen and oxygen atoms in total. The van der Waals surface area contributed by atoms with Crippen molar-refractivity contribution < 1.29 is 117 Å². The van der Waals surface area contributed by atoms with Crippen LogP contribution in [-0.2, 0) is 78.5 Å². The molecule has 83 heavy (non-hydrogen) atoms. The molecule has 2 aliphatic heterocycles. The van der Waals surface area contributed by atoms with Gasteiger partial charge in [0.2, 0.25) is 11.7 Å². The van der Waals surface area contributed by atoms with Gasteiger partial charge in [-0.3, -0.25) is 19.2 Å². The van der Waals surface area contributed by atoms with Crippen molar-refractivity contribution in [3.8, 4) is 17.2 Å². The Morgan fingerprint density at radius 3 is 2.20 bits per heavy atom. The second kappa shape index (κ2) is 27.5. The SMILES string of the molecule is COc1cccc2c1C(=O)c1c(O)c3c(c(O)c1C2=O)C[C@@](O)(C(=O)CO)C[C@@H]3O[C@H]1C[C@H](NC(=O)OCc2ccc(NC(=O)CC3O[C@H](C(=O)OCc4cn(CCOCCOCCOCCO)nn4)[C@@H](O)[C@H](O)[C@H]3O)cc2)[C@H](O)[C@H](C)O1. The van der Waals surface area contributed by atoms with E-state index in [-0.39, 0.29) is 78.8 Å². The smallest absolute Gasteiger partial charge is 0.407 e. The Labute approximate surface area is 472 Å². The fourth-order valence-electron chi connectivity index (χ4n) is 10.1. The van der Waals surface area contributed by atoms with Crippen LogP contribution in [0, 0.1) is 0 Å². The van der Waals surface area contributed by atoms with E-state index in [9.17, 15) is 69.6 Å². The van der Waals surface area contributed by atoms with Crippen LogP contribution < -0.4 is 15.4 Å². The average Bonchev–Trinajstić information content (AvgIpc) is 4.13. The van der Waals surface area contributed by atoms with E-state index in [0.717, 1.165) is 0 Å². The molecule has 4 aliphatic rings. The molecule has 2 saturated heterocycles. The van der Waals surface area contributed by atoms with Crippen LogP contribution >= 0.6 is 0 Å². The van der Waals surface area contributed by atoms with E-state index >= 15 is 0 Å². The Balaban J connectivity index is 0.818. The molecule has 3 heterocycles. The highest BCUT2D eigenvalue weighted by molar-refractivity contribution is 6.31. The van der Waals surface area contributed by atoms with Crippen molar-refractivity contribution >= 4 is 41.0 Å². The summed E-state index contributed by atoms with van der Waals surface area (Å²) in [6.45, 7) is 1.72. The van der Waals surface area contributed by atoms with Crippen molar-refractivity contribution in [3.63, 3.8) is 0 Å². The van der Waals surface area contributed by atoms with Gasteiger partial charge < -0.3 is 99.2 Å². The summed E-state index contributed by atoms with van der Waals surface area (Å²) in [4.78, 5) is 80.3. The maximum Gasteiger partial charge on any atom is 0.407 e. The van der Waals surface area contributed by atoms with Gasteiger partial charge in [0.25, 0.3) is 0 Å². The monoisotopic (exact) mass is 1170 g/mol. The molecular weight excluding hydrogens is 1100 g/mol. The Morgan fingerprint density at radius 1 is 0.807 bits per heavy atom. The number of hydrogen-bond donors (Lipinski definition) is 11. The van der Waals surface area contributed by atoms with Crippen LogP contribution in [0.4, 0.5) is 10.5 Å².